The average Bonchev–Trinajstić information content (AvgIpc) is 2.91. The number of benzene rings is 2. The van der Waals surface area contributed by atoms with E-state index in [2.05, 4.69) is 22.3 Å². The normalized spacial score (nSPS) is 15.2. The van der Waals surface area contributed by atoms with E-state index in [1.165, 1.54) is 31.2 Å². The molecule has 3 rings (SSSR count). The largest absolute Gasteiger partial charge is 0.493 e. The molecule has 1 saturated heterocycles. The van der Waals surface area contributed by atoms with Crippen LogP contribution in [-0.4, -0.2) is 37.0 Å². The van der Waals surface area contributed by atoms with Crippen molar-refractivity contribution in [3.05, 3.63) is 60.2 Å². The Kier molecular flexibility index (Phi) is 7.08. The molecule has 0 aromatic heterocycles. The van der Waals surface area contributed by atoms with Gasteiger partial charge in [0.15, 0.2) is 0 Å². The van der Waals surface area contributed by atoms with Gasteiger partial charge < -0.3 is 10.1 Å². The highest BCUT2D eigenvalue weighted by Crippen LogP contribution is 2.18. The van der Waals surface area contributed by atoms with E-state index in [0.29, 0.717) is 13.2 Å². The molecule has 1 N–H and O–H groups in total. The minimum atomic E-state index is 0.0494. The molecule has 1 aliphatic heterocycles. The van der Waals surface area contributed by atoms with E-state index in [-0.39, 0.29) is 5.91 Å². The zero-order valence-electron chi connectivity index (χ0n) is 15.3. The van der Waals surface area contributed by atoms with Gasteiger partial charge in [0, 0.05) is 18.2 Å². The molecule has 138 valence electrons. The highest BCUT2D eigenvalue weighted by molar-refractivity contribution is 5.92. The first-order chi connectivity index (χ1) is 12.8. The molecule has 2 aromatic rings. The van der Waals surface area contributed by atoms with Gasteiger partial charge in [0.2, 0.25) is 5.91 Å². The van der Waals surface area contributed by atoms with E-state index in [1.54, 1.807) is 0 Å². The van der Waals surface area contributed by atoms with Gasteiger partial charge in [-0.3, -0.25) is 9.69 Å². The van der Waals surface area contributed by atoms with Crippen molar-refractivity contribution in [2.24, 2.45) is 0 Å². The topological polar surface area (TPSA) is 41.6 Å². The van der Waals surface area contributed by atoms with Crippen LogP contribution in [0, 0.1) is 0 Å². The highest BCUT2D eigenvalue weighted by atomic mass is 16.5. The fourth-order valence-electron chi connectivity index (χ4n) is 3.29. The number of anilines is 1. The van der Waals surface area contributed by atoms with Crippen LogP contribution < -0.4 is 10.1 Å². The van der Waals surface area contributed by atoms with Gasteiger partial charge >= 0.3 is 0 Å². The molecular formula is C22H28N2O2. The van der Waals surface area contributed by atoms with Gasteiger partial charge in [0.25, 0.3) is 0 Å². The zero-order chi connectivity index (χ0) is 18.0. The number of ether oxygens (including phenoxy) is 1. The Labute approximate surface area is 156 Å². The van der Waals surface area contributed by atoms with Crippen molar-refractivity contribution in [1.82, 2.24) is 4.90 Å². The molecule has 1 amide bonds. The first-order valence-corrected chi connectivity index (χ1v) is 9.58. The van der Waals surface area contributed by atoms with Gasteiger partial charge in [-0.2, -0.15) is 0 Å². The molecule has 26 heavy (non-hydrogen) atoms. The molecule has 1 fully saturated rings. The second-order valence-corrected chi connectivity index (χ2v) is 6.85. The van der Waals surface area contributed by atoms with Gasteiger partial charge in [0.05, 0.1) is 13.2 Å². The number of carbonyl (C=O) groups is 1. The third-order valence-electron chi connectivity index (χ3n) is 4.69. The van der Waals surface area contributed by atoms with E-state index < -0.39 is 0 Å². The van der Waals surface area contributed by atoms with E-state index in [0.717, 1.165) is 30.9 Å². The molecule has 0 radical (unpaired) electrons. The molecule has 0 atom stereocenters. The van der Waals surface area contributed by atoms with Crippen molar-refractivity contribution in [2.45, 2.75) is 32.1 Å². The molecular weight excluding hydrogens is 324 g/mol. The second-order valence-electron chi connectivity index (χ2n) is 6.85. The Morgan fingerprint density at radius 3 is 2.50 bits per heavy atom. The zero-order valence-corrected chi connectivity index (χ0v) is 15.3. The Balaban J connectivity index is 1.46. The molecule has 1 aliphatic rings. The molecule has 0 unspecified atom stereocenters. The van der Waals surface area contributed by atoms with Gasteiger partial charge in [-0.15, -0.1) is 0 Å². The van der Waals surface area contributed by atoms with Crippen LogP contribution in [0.1, 0.15) is 31.2 Å². The molecule has 0 spiro atoms. The lowest BCUT2D eigenvalue weighted by Gasteiger charge is -2.19. The van der Waals surface area contributed by atoms with Crippen LogP contribution in [0.3, 0.4) is 0 Å². The third-order valence-corrected chi connectivity index (χ3v) is 4.69. The van der Waals surface area contributed by atoms with Crippen LogP contribution >= 0.6 is 0 Å². The maximum Gasteiger partial charge on any atom is 0.238 e. The summed E-state index contributed by atoms with van der Waals surface area (Å²) in [5.74, 6) is 0.835. The van der Waals surface area contributed by atoms with Crippen LogP contribution in [0.25, 0.3) is 0 Å². The third kappa shape index (κ3) is 6.19. The van der Waals surface area contributed by atoms with Crippen molar-refractivity contribution in [2.75, 3.05) is 31.6 Å². The molecule has 0 saturated carbocycles. The maximum absolute atomic E-state index is 12.3. The van der Waals surface area contributed by atoms with Crippen molar-refractivity contribution < 1.29 is 9.53 Å². The van der Waals surface area contributed by atoms with Gasteiger partial charge in [-0.05, 0) is 43.6 Å². The molecule has 0 bridgehead atoms. The number of amides is 1. The summed E-state index contributed by atoms with van der Waals surface area (Å²) in [4.78, 5) is 14.6. The minimum Gasteiger partial charge on any atom is -0.493 e. The summed E-state index contributed by atoms with van der Waals surface area (Å²) in [5, 5.41) is 3.00. The number of rotatable bonds is 7. The lowest BCUT2D eigenvalue weighted by molar-refractivity contribution is -0.117. The fourth-order valence-corrected chi connectivity index (χ4v) is 3.29. The number of likely N-dealkylation sites (tertiary alicyclic amines) is 1. The molecule has 2 aromatic carbocycles. The van der Waals surface area contributed by atoms with E-state index in [9.17, 15) is 4.79 Å². The summed E-state index contributed by atoms with van der Waals surface area (Å²) in [6.07, 6.45) is 5.81. The smallest absolute Gasteiger partial charge is 0.238 e. The molecule has 1 heterocycles. The standard InChI is InChI=1S/C22H28N2O2/c25-22(18-24-14-6-1-2-7-15-24)23-20-11-8-12-21(17-20)26-16-13-19-9-4-3-5-10-19/h3-5,8-12,17H,1-2,6-7,13-16,18H2,(H,23,25). The molecule has 4 nitrogen and oxygen atoms in total. The maximum atomic E-state index is 12.3. The lowest BCUT2D eigenvalue weighted by Crippen LogP contribution is -2.33. The summed E-state index contributed by atoms with van der Waals surface area (Å²) in [5.41, 5.74) is 2.05. The highest BCUT2D eigenvalue weighted by Gasteiger charge is 2.13. The lowest BCUT2D eigenvalue weighted by atomic mass is 10.2. The van der Waals surface area contributed by atoms with Crippen molar-refractivity contribution >= 4 is 11.6 Å². The van der Waals surface area contributed by atoms with Crippen LogP contribution in [0.5, 0.6) is 5.75 Å². The number of hydrogen-bond donors (Lipinski definition) is 1. The first kappa shape index (κ1) is 18.5. The van der Waals surface area contributed by atoms with Crippen LogP contribution in [0.4, 0.5) is 5.69 Å². The first-order valence-electron chi connectivity index (χ1n) is 9.58. The van der Waals surface area contributed by atoms with E-state index in [4.69, 9.17) is 4.74 Å². The number of carbonyl (C=O) groups excluding carboxylic acids is 1. The summed E-state index contributed by atoms with van der Waals surface area (Å²) >= 11 is 0. The van der Waals surface area contributed by atoms with Crippen LogP contribution in [0.15, 0.2) is 54.6 Å². The predicted octanol–water partition coefficient (Wildman–Crippen LogP) is 4.12. The Hall–Kier alpha value is -2.33. The quantitative estimate of drug-likeness (QED) is 0.815. The Morgan fingerprint density at radius 2 is 1.73 bits per heavy atom. The summed E-state index contributed by atoms with van der Waals surface area (Å²) in [7, 11) is 0. The van der Waals surface area contributed by atoms with E-state index >= 15 is 0 Å². The molecule has 4 heteroatoms. The van der Waals surface area contributed by atoms with Crippen LogP contribution in [-0.2, 0) is 11.2 Å². The monoisotopic (exact) mass is 352 g/mol. The van der Waals surface area contributed by atoms with Gasteiger partial charge in [-0.1, -0.05) is 49.2 Å². The van der Waals surface area contributed by atoms with Crippen LogP contribution in [0.2, 0.25) is 0 Å². The predicted molar refractivity (Wildman–Crippen MR) is 106 cm³/mol. The summed E-state index contributed by atoms with van der Waals surface area (Å²) in [6.45, 7) is 3.14. The SMILES string of the molecule is O=C(CN1CCCCCC1)Nc1cccc(OCCc2ccccc2)c1. The Bertz CT molecular complexity index is 680. The van der Waals surface area contributed by atoms with Gasteiger partial charge in [0.1, 0.15) is 5.75 Å². The van der Waals surface area contributed by atoms with Crippen molar-refractivity contribution in [3.8, 4) is 5.75 Å². The Morgan fingerprint density at radius 1 is 0.962 bits per heavy atom. The van der Waals surface area contributed by atoms with Crippen molar-refractivity contribution in [1.29, 1.82) is 0 Å². The summed E-state index contributed by atoms with van der Waals surface area (Å²) < 4.78 is 5.84. The van der Waals surface area contributed by atoms with E-state index in [1.807, 2.05) is 42.5 Å². The number of nitrogens with zero attached hydrogens (tertiary/aromatic N) is 1. The average molecular weight is 352 g/mol. The van der Waals surface area contributed by atoms with Gasteiger partial charge in [-0.25, -0.2) is 0 Å². The number of hydrogen-bond acceptors (Lipinski definition) is 3. The fraction of sp³-hybridized carbons (Fsp3) is 0.409. The second kappa shape index (κ2) is 9.97. The summed E-state index contributed by atoms with van der Waals surface area (Å²) in [6, 6.07) is 17.9. The van der Waals surface area contributed by atoms with Crippen molar-refractivity contribution in [3.63, 3.8) is 0 Å². The minimum absolute atomic E-state index is 0.0494. The molecule has 0 aliphatic carbocycles. The number of nitrogens with one attached hydrogen (secondary N) is 1.